The van der Waals surface area contributed by atoms with Crippen molar-refractivity contribution < 1.29 is 26.9 Å². The van der Waals surface area contributed by atoms with Crippen LogP contribution in [0.5, 0.6) is 0 Å². The number of aromatic nitrogens is 5. The number of amides is 1. The SMILES string of the molecule is CN1CC[C@@H](Nc2nccc3c(SC(F)(F)F)c(-c4noc(CNC(=O)c5cnn(C(C)(C)C)c5)n4)sc23)[C@@H](F)C1. The molecule has 1 aliphatic heterocycles. The van der Waals surface area contributed by atoms with E-state index in [0.29, 0.717) is 34.4 Å². The summed E-state index contributed by atoms with van der Waals surface area (Å²) in [7, 11) is 1.83. The molecule has 2 atom stereocenters. The number of nitrogens with one attached hydrogen (secondary N) is 2. The van der Waals surface area contributed by atoms with E-state index in [-0.39, 0.29) is 51.9 Å². The molecule has 1 aliphatic rings. The second-order valence-corrected chi connectivity index (χ2v) is 12.8. The fraction of sp³-hybridized carbons (Fsp3) is 0.480. The van der Waals surface area contributed by atoms with Crippen molar-refractivity contribution in [3.05, 3.63) is 36.1 Å². The molecule has 4 aromatic heterocycles. The molecule has 0 bridgehead atoms. The molecular weight excluding hydrogens is 584 g/mol. The zero-order valence-corrected chi connectivity index (χ0v) is 24.3. The Bertz CT molecular complexity index is 1540. The number of rotatable bonds is 7. The smallest absolute Gasteiger partial charge is 0.363 e. The van der Waals surface area contributed by atoms with Crippen LogP contribution in [-0.2, 0) is 12.1 Å². The number of likely N-dealkylation sites (tertiary alicyclic amines) is 1. The number of alkyl halides is 4. The second kappa shape index (κ2) is 11.2. The van der Waals surface area contributed by atoms with E-state index < -0.39 is 23.6 Å². The first-order valence-electron chi connectivity index (χ1n) is 12.7. The van der Waals surface area contributed by atoms with Gasteiger partial charge in [0.25, 0.3) is 5.91 Å². The quantitative estimate of drug-likeness (QED) is 0.212. The average Bonchev–Trinajstić information content (AvgIpc) is 3.63. The predicted molar refractivity (Wildman–Crippen MR) is 148 cm³/mol. The second-order valence-electron chi connectivity index (χ2n) is 10.7. The van der Waals surface area contributed by atoms with Crippen molar-refractivity contribution in [3.8, 4) is 10.7 Å². The molecule has 0 aliphatic carbocycles. The number of carbonyl (C=O) groups excluding carboxylic acids is 1. The molecule has 16 heteroatoms. The fourth-order valence-electron chi connectivity index (χ4n) is 4.35. The number of piperidine rings is 1. The largest absolute Gasteiger partial charge is 0.446 e. The number of anilines is 1. The molecule has 4 aromatic rings. The van der Waals surface area contributed by atoms with Crippen molar-refractivity contribution in [3.63, 3.8) is 0 Å². The lowest BCUT2D eigenvalue weighted by atomic mass is 10.0. The highest BCUT2D eigenvalue weighted by atomic mass is 32.2. The molecule has 2 N–H and O–H groups in total. The minimum absolute atomic E-state index is 0.0139. The standard InChI is InChI=1S/C25H28F4N8O2S2/c1-24(2,3)37-11-13(9-32-37)23(38)31-10-17-34-22(35-39-17)20-18(41-25(27,28)29)14-5-7-30-21(19(14)40-20)33-16-6-8-36(4)12-15(16)26/h5,7,9,11,15-16H,6,8,10,12H2,1-4H3,(H,30,33)(H,31,38)/t15-,16+/m0/s1. The average molecular weight is 613 g/mol. The fourth-order valence-corrected chi connectivity index (χ4v) is 6.43. The Kier molecular flexibility index (Phi) is 8.00. The number of pyridine rings is 1. The van der Waals surface area contributed by atoms with E-state index >= 15 is 0 Å². The molecule has 0 radical (unpaired) electrons. The van der Waals surface area contributed by atoms with Crippen LogP contribution < -0.4 is 10.6 Å². The van der Waals surface area contributed by atoms with Gasteiger partial charge in [-0.15, -0.1) is 11.3 Å². The molecule has 10 nitrogen and oxygen atoms in total. The van der Waals surface area contributed by atoms with Gasteiger partial charge in [0.1, 0.15) is 12.0 Å². The molecule has 1 saturated heterocycles. The van der Waals surface area contributed by atoms with Gasteiger partial charge < -0.3 is 20.1 Å². The zero-order chi connectivity index (χ0) is 29.5. The Morgan fingerprint density at radius 3 is 2.76 bits per heavy atom. The Balaban J connectivity index is 1.40. The van der Waals surface area contributed by atoms with Gasteiger partial charge in [-0.05, 0) is 52.1 Å². The molecule has 0 aromatic carbocycles. The summed E-state index contributed by atoms with van der Waals surface area (Å²) in [5.74, 6) is -0.166. The van der Waals surface area contributed by atoms with Crippen LogP contribution >= 0.6 is 23.1 Å². The van der Waals surface area contributed by atoms with E-state index in [4.69, 9.17) is 4.52 Å². The Hall–Kier alpha value is -3.24. The van der Waals surface area contributed by atoms with Crippen LogP contribution in [0.15, 0.2) is 34.1 Å². The maximum Gasteiger partial charge on any atom is 0.446 e. The van der Waals surface area contributed by atoms with Crippen molar-refractivity contribution in [1.29, 1.82) is 0 Å². The van der Waals surface area contributed by atoms with Gasteiger partial charge in [0, 0.05) is 35.8 Å². The third-order valence-electron chi connectivity index (χ3n) is 6.45. The number of hydrogen-bond donors (Lipinski definition) is 2. The third kappa shape index (κ3) is 6.64. The van der Waals surface area contributed by atoms with Gasteiger partial charge in [-0.1, -0.05) is 5.16 Å². The summed E-state index contributed by atoms with van der Waals surface area (Å²) >= 11 is 0.729. The number of nitrogens with zero attached hydrogens (tertiary/aromatic N) is 6. The highest BCUT2D eigenvalue weighted by Crippen LogP contribution is 2.50. The van der Waals surface area contributed by atoms with Crippen LogP contribution in [0.1, 0.15) is 43.4 Å². The van der Waals surface area contributed by atoms with Crippen LogP contribution in [0.4, 0.5) is 23.4 Å². The lowest BCUT2D eigenvalue weighted by Crippen LogP contribution is -2.46. The molecular formula is C25H28F4N8O2S2. The molecule has 1 fully saturated rings. The summed E-state index contributed by atoms with van der Waals surface area (Å²) in [6.07, 6.45) is 3.81. The van der Waals surface area contributed by atoms with E-state index in [0.717, 1.165) is 11.3 Å². The van der Waals surface area contributed by atoms with E-state index in [9.17, 15) is 22.4 Å². The van der Waals surface area contributed by atoms with Crippen LogP contribution in [0.25, 0.3) is 20.8 Å². The highest BCUT2D eigenvalue weighted by molar-refractivity contribution is 8.00. The minimum Gasteiger partial charge on any atom is -0.363 e. The van der Waals surface area contributed by atoms with Crippen LogP contribution in [0.3, 0.4) is 0 Å². The van der Waals surface area contributed by atoms with Crippen LogP contribution in [0, 0.1) is 0 Å². The van der Waals surface area contributed by atoms with Gasteiger partial charge in [-0.2, -0.15) is 23.3 Å². The Labute approximate surface area is 240 Å². The van der Waals surface area contributed by atoms with Crippen molar-refractivity contribution in [2.24, 2.45) is 0 Å². The van der Waals surface area contributed by atoms with E-state index in [1.165, 1.54) is 18.5 Å². The summed E-state index contributed by atoms with van der Waals surface area (Å²) in [6.45, 7) is 6.63. The van der Waals surface area contributed by atoms with Crippen LogP contribution in [0.2, 0.25) is 0 Å². The minimum atomic E-state index is -4.59. The number of fused-ring (bicyclic) bond motifs is 1. The molecule has 1 amide bonds. The summed E-state index contributed by atoms with van der Waals surface area (Å²) < 4.78 is 62.9. The molecule has 0 saturated carbocycles. The highest BCUT2D eigenvalue weighted by Gasteiger charge is 2.35. The summed E-state index contributed by atoms with van der Waals surface area (Å²) in [5, 5.41) is 14.1. The summed E-state index contributed by atoms with van der Waals surface area (Å²) in [6, 6.07) is 0.958. The van der Waals surface area contributed by atoms with Gasteiger partial charge in [0.2, 0.25) is 11.7 Å². The number of carbonyl (C=O) groups is 1. The van der Waals surface area contributed by atoms with Gasteiger partial charge in [0.15, 0.2) is 0 Å². The van der Waals surface area contributed by atoms with E-state index in [1.807, 2.05) is 32.7 Å². The lowest BCUT2D eigenvalue weighted by molar-refractivity contribution is -0.0327. The first kappa shape index (κ1) is 29.3. The third-order valence-corrected chi connectivity index (χ3v) is 8.64. The van der Waals surface area contributed by atoms with Gasteiger partial charge >= 0.3 is 5.51 Å². The topological polar surface area (TPSA) is 114 Å². The molecule has 5 rings (SSSR count). The monoisotopic (exact) mass is 612 g/mol. The zero-order valence-electron chi connectivity index (χ0n) is 22.6. The molecule has 220 valence electrons. The maximum atomic E-state index is 14.7. The molecule has 0 unspecified atom stereocenters. The molecule has 41 heavy (non-hydrogen) atoms. The van der Waals surface area contributed by atoms with Gasteiger partial charge in [0.05, 0.1) is 39.5 Å². The maximum absolute atomic E-state index is 14.7. The van der Waals surface area contributed by atoms with Gasteiger partial charge in [-0.3, -0.25) is 9.48 Å². The van der Waals surface area contributed by atoms with E-state index in [2.05, 4.69) is 30.9 Å². The van der Waals surface area contributed by atoms with Crippen molar-refractivity contribution in [1.82, 2.24) is 35.1 Å². The first-order chi connectivity index (χ1) is 19.3. The lowest BCUT2D eigenvalue weighted by Gasteiger charge is -2.33. The van der Waals surface area contributed by atoms with Crippen molar-refractivity contribution in [2.75, 3.05) is 25.5 Å². The number of halogens is 4. The molecule has 5 heterocycles. The number of hydrogen-bond acceptors (Lipinski definition) is 10. The summed E-state index contributed by atoms with van der Waals surface area (Å²) in [5.41, 5.74) is -4.56. The number of thioether (sulfide) groups is 1. The summed E-state index contributed by atoms with van der Waals surface area (Å²) in [4.78, 5) is 23.1. The Morgan fingerprint density at radius 1 is 1.29 bits per heavy atom. The normalized spacial score (nSPS) is 18.6. The van der Waals surface area contributed by atoms with E-state index in [1.54, 1.807) is 10.9 Å². The van der Waals surface area contributed by atoms with Crippen molar-refractivity contribution in [2.45, 2.75) is 61.9 Å². The van der Waals surface area contributed by atoms with Crippen LogP contribution in [-0.4, -0.2) is 73.6 Å². The van der Waals surface area contributed by atoms with Gasteiger partial charge in [-0.25, -0.2) is 9.37 Å². The molecule has 0 spiro atoms. The predicted octanol–water partition coefficient (Wildman–Crippen LogP) is 5.29. The number of thiophene rings is 1. The van der Waals surface area contributed by atoms with Crippen molar-refractivity contribution >= 4 is 44.9 Å². The first-order valence-corrected chi connectivity index (χ1v) is 14.3. The Morgan fingerprint density at radius 2 is 2.07 bits per heavy atom.